The van der Waals surface area contributed by atoms with Crippen molar-refractivity contribution in [1.29, 1.82) is 0 Å². The molecular formula is C44H45N7O4. The summed E-state index contributed by atoms with van der Waals surface area (Å²) in [7, 11) is 0. The van der Waals surface area contributed by atoms with Crippen molar-refractivity contribution in [3.8, 4) is 22.5 Å². The van der Waals surface area contributed by atoms with E-state index in [1.807, 2.05) is 84.9 Å². The van der Waals surface area contributed by atoms with Crippen LogP contribution in [0.15, 0.2) is 110 Å². The molecule has 280 valence electrons. The van der Waals surface area contributed by atoms with Crippen molar-refractivity contribution in [2.45, 2.75) is 64.5 Å². The summed E-state index contributed by atoms with van der Waals surface area (Å²) in [5.74, 6) is -0.0385. The van der Waals surface area contributed by atoms with E-state index in [2.05, 4.69) is 29.7 Å². The van der Waals surface area contributed by atoms with Crippen LogP contribution in [-0.2, 0) is 30.7 Å². The molecule has 8 rings (SSSR count). The van der Waals surface area contributed by atoms with Crippen LogP contribution in [0.5, 0.6) is 0 Å². The minimum atomic E-state index is -0.358. The quantitative estimate of drug-likeness (QED) is 0.0989. The van der Waals surface area contributed by atoms with Crippen molar-refractivity contribution < 1.29 is 19.5 Å². The van der Waals surface area contributed by atoms with Gasteiger partial charge in [0.2, 0.25) is 5.91 Å². The number of hydrogen-bond donors (Lipinski definition) is 4. The molecule has 6 aromatic rings. The standard InChI is InChI=1S/C22H22N4O2.C22H23N3O2/c23-19(28)11-14-26-17-7-4-8-18(27)20(17)21(25-16-5-2-1-3-6-16)22(26)15-9-12-24-13-10-15;26-15-5-14-25-18-8-4-9-19(27)20(18)21(24-17-6-2-1-3-7-17)22(25)16-10-12-23-13-11-16/h1-3,5-6,9-10,12-13,25H,4,7-8,11,14H2,(H2,23,28);1-3,6-7,10-13,24,26H,4-5,8-9,14-15H2. The molecule has 0 saturated carbocycles. The topological polar surface area (TPSA) is 157 Å². The highest BCUT2D eigenvalue weighted by Gasteiger charge is 2.32. The van der Waals surface area contributed by atoms with Gasteiger partial charge in [0, 0.05) is 97.6 Å². The van der Waals surface area contributed by atoms with Crippen LogP contribution in [-0.4, -0.2) is 48.3 Å². The molecular weight excluding hydrogens is 691 g/mol. The Bertz CT molecular complexity index is 2270. The predicted octanol–water partition coefficient (Wildman–Crippen LogP) is 7.88. The molecule has 0 aliphatic heterocycles. The number of ketones is 2. The molecule has 2 aromatic carbocycles. The third kappa shape index (κ3) is 8.12. The van der Waals surface area contributed by atoms with Crippen LogP contribution in [0, 0.1) is 0 Å². The van der Waals surface area contributed by atoms with Gasteiger partial charge in [-0.1, -0.05) is 36.4 Å². The second-order valence-corrected chi connectivity index (χ2v) is 13.7. The summed E-state index contributed by atoms with van der Waals surface area (Å²) in [6, 6.07) is 27.5. The fourth-order valence-corrected chi connectivity index (χ4v) is 7.68. The van der Waals surface area contributed by atoms with E-state index in [0.29, 0.717) is 32.4 Å². The molecule has 1 amide bonds. The number of carbonyl (C=O) groups is 3. The molecule has 2 aliphatic carbocycles. The van der Waals surface area contributed by atoms with Gasteiger partial charge in [-0.15, -0.1) is 0 Å². The first-order valence-corrected chi connectivity index (χ1v) is 18.9. The Hall–Kier alpha value is -6.33. The molecule has 4 heterocycles. The van der Waals surface area contributed by atoms with E-state index in [4.69, 9.17) is 5.73 Å². The van der Waals surface area contributed by atoms with Gasteiger partial charge in [0.15, 0.2) is 11.6 Å². The lowest BCUT2D eigenvalue weighted by molar-refractivity contribution is -0.118. The number of anilines is 4. The molecule has 0 saturated heterocycles. The zero-order valence-corrected chi connectivity index (χ0v) is 30.7. The number of aliphatic hydroxyl groups is 1. The van der Waals surface area contributed by atoms with E-state index in [-0.39, 0.29) is 30.5 Å². The lowest BCUT2D eigenvalue weighted by Crippen LogP contribution is -2.18. The number of aromatic nitrogens is 4. The van der Waals surface area contributed by atoms with E-state index in [9.17, 15) is 19.5 Å². The van der Waals surface area contributed by atoms with Crippen LogP contribution in [0.25, 0.3) is 22.5 Å². The molecule has 0 fully saturated rings. The van der Waals surface area contributed by atoms with E-state index in [1.54, 1.807) is 24.8 Å². The van der Waals surface area contributed by atoms with Gasteiger partial charge in [-0.3, -0.25) is 24.4 Å². The molecule has 0 atom stereocenters. The molecule has 5 N–H and O–H groups in total. The summed E-state index contributed by atoms with van der Waals surface area (Å²) in [6.07, 6.45) is 12.3. The Kier molecular flexibility index (Phi) is 11.6. The number of para-hydroxylation sites is 2. The number of pyridine rings is 2. The summed E-state index contributed by atoms with van der Waals surface area (Å²) >= 11 is 0. The smallest absolute Gasteiger partial charge is 0.219 e. The molecule has 0 bridgehead atoms. The first-order valence-electron chi connectivity index (χ1n) is 18.9. The third-order valence-corrected chi connectivity index (χ3v) is 10.1. The maximum absolute atomic E-state index is 12.9. The zero-order chi connectivity index (χ0) is 38.1. The van der Waals surface area contributed by atoms with Crippen molar-refractivity contribution in [1.82, 2.24) is 19.1 Å². The Morgan fingerprint density at radius 2 is 1.07 bits per heavy atom. The summed E-state index contributed by atoms with van der Waals surface area (Å²) < 4.78 is 4.29. The van der Waals surface area contributed by atoms with Crippen molar-refractivity contribution in [3.05, 3.63) is 132 Å². The highest BCUT2D eigenvalue weighted by Crippen LogP contribution is 2.43. The summed E-state index contributed by atoms with van der Waals surface area (Å²) in [6.45, 7) is 1.25. The summed E-state index contributed by atoms with van der Waals surface area (Å²) in [5, 5.41) is 16.3. The average Bonchev–Trinajstić information content (AvgIpc) is 3.70. The van der Waals surface area contributed by atoms with Gasteiger partial charge in [0.05, 0.1) is 33.9 Å². The number of nitrogens with one attached hydrogen (secondary N) is 2. The second kappa shape index (κ2) is 17.2. The van der Waals surface area contributed by atoms with Crippen LogP contribution in [0.4, 0.5) is 22.7 Å². The van der Waals surface area contributed by atoms with Crippen LogP contribution < -0.4 is 16.4 Å². The number of nitrogens with zero attached hydrogens (tertiary/aromatic N) is 4. The molecule has 0 spiro atoms. The van der Waals surface area contributed by atoms with Crippen LogP contribution in [0.2, 0.25) is 0 Å². The molecule has 55 heavy (non-hydrogen) atoms. The molecule has 0 radical (unpaired) electrons. The van der Waals surface area contributed by atoms with Gasteiger partial charge in [-0.2, -0.15) is 0 Å². The maximum Gasteiger partial charge on any atom is 0.219 e. The van der Waals surface area contributed by atoms with E-state index in [1.165, 1.54) is 0 Å². The number of primary amides is 1. The highest BCUT2D eigenvalue weighted by molar-refractivity contribution is 6.08. The van der Waals surface area contributed by atoms with Crippen LogP contribution in [0.1, 0.15) is 70.6 Å². The Morgan fingerprint density at radius 3 is 1.49 bits per heavy atom. The van der Waals surface area contributed by atoms with E-state index < -0.39 is 0 Å². The number of aliphatic hydroxyl groups excluding tert-OH is 1. The van der Waals surface area contributed by atoms with Gasteiger partial charge < -0.3 is 30.6 Å². The number of carbonyl (C=O) groups excluding carboxylic acids is 3. The number of hydrogen-bond acceptors (Lipinski definition) is 8. The number of nitrogens with two attached hydrogens (primary N) is 1. The minimum absolute atomic E-state index is 0.123. The van der Waals surface area contributed by atoms with Crippen molar-refractivity contribution in [2.24, 2.45) is 5.73 Å². The van der Waals surface area contributed by atoms with Crippen LogP contribution >= 0.6 is 0 Å². The fraction of sp³-hybridized carbons (Fsp3) is 0.250. The predicted molar refractivity (Wildman–Crippen MR) is 215 cm³/mol. The van der Waals surface area contributed by atoms with Gasteiger partial charge in [-0.25, -0.2) is 0 Å². The second-order valence-electron chi connectivity index (χ2n) is 13.7. The maximum atomic E-state index is 12.9. The van der Waals surface area contributed by atoms with Gasteiger partial charge in [0.25, 0.3) is 0 Å². The SMILES string of the molecule is NC(=O)CCn1c2c(c(Nc3ccccc3)c1-c1ccncc1)C(=O)CCC2.O=C1CCCc2c1c(Nc1ccccc1)c(-c1ccncc1)n2CCCO. The minimum Gasteiger partial charge on any atom is -0.396 e. The lowest BCUT2D eigenvalue weighted by Gasteiger charge is -2.16. The number of fused-ring (bicyclic) bond motifs is 2. The molecule has 0 unspecified atom stereocenters. The molecule has 11 heteroatoms. The number of benzene rings is 2. The highest BCUT2D eigenvalue weighted by atomic mass is 16.3. The van der Waals surface area contributed by atoms with Crippen LogP contribution in [0.3, 0.4) is 0 Å². The summed E-state index contributed by atoms with van der Waals surface area (Å²) in [4.78, 5) is 45.4. The monoisotopic (exact) mass is 735 g/mol. The Balaban J connectivity index is 0.000000169. The van der Waals surface area contributed by atoms with Crippen molar-refractivity contribution in [3.63, 3.8) is 0 Å². The first-order chi connectivity index (χ1) is 26.9. The van der Waals surface area contributed by atoms with Crippen molar-refractivity contribution in [2.75, 3.05) is 17.2 Å². The molecule has 11 nitrogen and oxygen atoms in total. The van der Waals surface area contributed by atoms with Gasteiger partial charge >= 0.3 is 0 Å². The molecule has 2 aliphatic rings. The fourth-order valence-electron chi connectivity index (χ4n) is 7.68. The number of Topliss-reactive ketones (excluding diaryl/α,β-unsaturated/α-hetero) is 2. The third-order valence-electron chi connectivity index (χ3n) is 10.1. The zero-order valence-electron chi connectivity index (χ0n) is 30.7. The number of amides is 1. The lowest BCUT2D eigenvalue weighted by atomic mass is 9.95. The Labute approximate surface area is 320 Å². The van der Waals surface area contributed by atoms with E-state index in [0.717, 1.165) is 93.5 Å². The average molecular weight is 736 g/mol. The summed E-state index contributed by atoms with van der Waals surface area (Å²) in [5.41, 5.74) is 16.4. The largest absolute Gasteiger partial charge is 0.396 e. The normalized spacial score (nSPS) is 13.3. The van der Waals surface area contributed by atoms with Crippen molar-refractivity contribution >= 4 is 40.2 Å². The van der Waals surface area contributed by atoms with E-state index >= 15 is 0 Å². The number of rotatable bonds is 12. The van der Waals surface area contributed by atoms with Gasteiger partial charge in [0.1, 0.15) is 0 Å². The molecule has 4 aromatic heterocycles. The first kappa shape index (κ1) is 37.0. The van der Waals surface area contributed by atoms with Gasteiger partial charge in [-0.05, 0) is 80.6 Å². The Morgan fingerprint density at radius 1 is 0.636 bits per heavy atom.